The molecule has 2 heteroatoms. The van der Waals surface area contributed by atoms with E-state index in [1.54, 1.807) is 7.11 Å². The summed E-state index contributed by atoms with van der Waals surface area (Å²) in [4.78, 5) is 0. The van der Waals surface area contributed by atoms with Gasteiger partial charge in [-0.2, -0.15) is 0 Å². The fourth-order valence-corrected chi connectivity index (χ4v) is 2.57. The first kappa shape index (κ1) is 14.6. The van der Waals surface area contributed by atoms with E-state index in [0.717, 1.165) is 23.3 Å². The summed E-state index contributed by atoms with van der Waals surface area (Å²) in [5.41, 5.74) is 4.78. The minimum absolute atomic E-state index is 0.126. The predicted molar refractivity (Wildman–Crippen MR) is 82.4 cm³/mol. The van der Waals surface area contributed by atoms with Crippen LogP contribution in [-0.4, -0.2) is 18.8 Å². The summed E-state index contributed by atoms with van der Waals surface area (Å²) < 4.78 is 5.28. The highest BCUT2D eigenvalue weighted by Gasteiger charge is 2.13. The molecule has 20 heavy (non-hydrogen) atoms. The molecule has 0 aliphatic carbocycles. The Bertz CT molecular complexity index is 575. The average molecular weight is 270 g/mol. The number of aryl methyl sites for hydroxylation is 2. The number of benzene rings is 2. The van der Waals surface area contributed by atoms with Crippen molar-refractivity contribution in [1.82, 2.24) is 0 Å². The molecule has 2 rings (SSSR count). The molecular formula is C18H22O2. The van der Waals surface area contributed by atoms with Crippen molar-refractivity contribution in [3.63, 3.8) is 0 Å². The summed E-state index contributed by atoms with van der Waals surface area (Å²) in [5.74, 6) is 1.02. The molecule has 2 nitrogen and oxygen atoms in total. The van der Waals surface area contributed by atoms with Gasteiger partial charge in [0.1, 0.15) is 5.75 Å². The van der Waals surface area contributed by atoms with Crippen LogP contribution in [0.3, 0.4) is 0 Å². The normalized spacial score (nSPS) is 12.2. The summed E-state index contributed by atoms with van der Waals surface area (Å²) in [6.07, 6.45) is 0.851. The molecular weight excluding hydrogens is 248 g/mol. The molecule has 0 radical (unpaired) electrons. The summed E-state index contributed by atoms with van der Waals surface area (Å²) in [5, 5.41) is 9.70. The molecule has 2 aromatic rings. The molecule has 1 atom stereocenters. The third-order valence-electron chi connectivity index (χ3n) is 3.68. The van der Waals surface area contributed by atoms with Crippen molar-refractivity contribution in [3.8, 4) is 5.75 Å². The van der Waals surface area contributed by atoms with Crippen LogP contribution in [0.25, 0.3) is 0 Å². The number of aliphatic hydroxyl groups is 1. The zero-order valence-electron chi connectivity index (χ0n) is 12.4. The van der Waals surface area contributed by atoms with Crippen molar-refractivity contribution in [2.45, 2.75) is 26.2 Å². The number of hydrogen-bond acceptors (Lipinski definition) is 2. The lowest BCUT2D eigenvalue weighted by atomic mass is 9.91. The van der Waals surface area contributed by atoms with Crippen molar-refractivity contribution in [3.05, 3.63) is 64.7 Å². The zero-order valence-corrected chi connectivity index (χ0v) is 12.4. The standard InChI is InChI=1S/C18H22O2/c1-13-5-4-6-15(9-13)11-17(12-19)16-7-8-18(20-3)14(2)10-16/h4-10,17,19H,11-12H2,1-3H3. The van der Waals surface area contributed by atoms with E-state index in [4.69, 9.17) is 4.74 Å². The molecule has 0 saturated carbocycles. The van der Waals surface area contributed by atoms with E-state index < -0.39 is 0 Å². The van der Waals surface area contributed by atoms with Gasteiger partial charge in [0, 0.05) is 5.92 Å². The van der Waals surface area contributed by atoms with E-state index in [-0.39, 0.29) is 12.5 Å². The van der Waals surface area contributed by atoms with E-state index in [1.165, 1.54) is 11.1 Å². The molecule has 0 bridgehead atoms. The lowest BCUT2D eigenvalue weighted by Crippen LogP contribution is -2.08. The van der Waals surface area contributed by atoms with Gasteiger partial charge in [0.15, 0.2) is 0 Å². The van der Waals surface area contributed by atoms with Crippen LogP contribution in [0.4, 0.5) is 0 Å². The number of ether oxygens (including phenoxy) is 1. The third kappa shape index (κ3) is 3.40. The Morgan fingerprint density at radius 3 is 2.50 bits per heavy atom. The first-order valence-electron chi connectivity index (χ1n) is 6.95. The zero-order chi connectivity index (χ0) is 14.5. The monoisotopic (exact) mass is 270 g/mol. The van der Waals surface area contributed by atoms with Crippen LogP contribution in [0.2, 0.25) is 0 Å². The lowest BCUT2D eigenvalue weighted by Gasteiger charge is -2.17. The second-order valence-corrected chi connectivity index (χ2v) is 5.30. The maximum absolute atomic E-state index is 9.70. The Balaban J connectivity index is 2.22. The minimum atomic E-state index is 0.126. The molecule has 1 unspecified atom stereocenters. The smallest absolute Gasteiger partial charge is 0.121 e. The number of methoxy groups -OCH3 is 1. The molecule has 0 aliphatic rings. The maximum atomic E-state index is 9.70. The topological polar surface area (TPSA) is 29.5 Å². The first-order valence-corrected chi connectivity index (χ1v) is 6.95. The van der Waals surface area contributed by atoms with Gasteiger partial charge in [-0.1, -0.05) is 42.0 Å². The van der Waals surface area contributed by atoms with Crippen LogP contribution in [-0.2, 0) is 6.42 Å². The largest absolute Gasteiger partial charge is 0.496 e. The van der Waals surface area contributed by atoms with Crippen LogP contribution in [0.5, 0.6) is 5.75 Å². The molecule has 106 valence electrons. The van der Waals surface area contributed by atoms with E-state index in [1.807, 2.05) is 19.1 Å². The van der Waals surface area contributed by atoms with E-state index in [9.17, 15) is 5.11 Å². The van der Waals surface area contributed by atoms with Gasteiger partial charge >= 0.3 is 0 Å². The Morgan fingerprint density at radius 2 is 1.90 bits per heavy atom. The maximum Gasteiger partial charge on any atom is 0.121 e. The highest BCUT2D eigenvalue weighted by molar-refractivity contribution is 5.38. The average Bonchev–Trinajstić information content (AvgIpc) is 2.44. The van der Waals surface area contributed by atoms with Gasteiger partial charge in [0.25, 0.3) is 0 Å². The van der Waals surface area contributed by atoms with Gasteiger partial charge in [-0.05, 0) is 43.0 Å². The first-order chi connectivity index (χ1) is 9.63. The SMILES string of the molecule is COc1ccc(C(CO)Cc2cccc(C)c2)cc1C. The Labute approximate surface area is 121 Å². The van der Waals surface area contributed by atoms with Crippen LogP contribution < -0.4 is 4.74 Å². The van der Waals surface area contributed by atoms with Crippen molar-refractivity contribution in [2.75, 3.05) is 13.7 Å². The minimum Gasteiger partial charge on any atom is -0.496 e. The summed E-state index contributed by atoms with van der Waals surface area (Å²) >= 11 is 0. The van der Waals surface area contributed by atoms with Gasteiger partial charge in [-0.15, -0.1) is 0 Å². The number of rotatable bonds is 5. The molecule has 0 saturated heterocycles. The highest BCUT2D eigenvalue weighted by Crippen LogP contribution is 2.26. The predicted octanol–water partition coefficient (Wildman–Crippen LogP) is 3.63. The Hall–Kier alpha value is -1.80. The van der Waals surface area contributed by atoms with Crippen molar-refractivity contribution in [1.29, 1.82) is 0 Å². The summed E-state index contributed by atoms with van der Waals surface area (Å²) in [6.45, 7) is 4.28. The van der Waals surface area contributed by atoms with E-state index in [0.29, 0.717) is 0 Å². The Morgan fingerprint density at radius 1 is 1.10 bits per heavy atom. The van der Waals surface area contributed by atoms with Crippen LogP contribution in [0, 0.1) is 13.8 Å². The van der Waals surface area contributed by atoms with E-state index in [2.05, 4.69) is 37.3 Å². The fourth-order valence-electron chi connectivity index (χ4n) is 2.57. The molecule has 2 aromatic carbocycles. The van der Waals surface area contributed by atoms with Crippen molar-refractivity contribution >= 4 is 0 Å². The second kappa shape index (κ2) is 6.58. The van der Waals surface area contributed by atoms with Gasteiger partial charge in [0.05, 0.1) is 13.7 Å². The summed E-state index contributed by atoms with van der Waals surface area (Å²) in [7, 11) is 1.68. The van der Waals surface area contributed by atoms with Crippen molar-refractivity contribution in [2.24, 2.45) is 0 Å². The van der Waals surface area contributed by atoms with Gasteiger partial charge < -0.3 is 9.84 Å². The number of hydrogen-bond donors (Lipinski definition) is 1. The Kier molecular flexibility index (Phi) is 4.80. The molecule has 0 aromatic heterocycles. The third-order valence-corrected chi connectivity index (χ3v) is 3.68. The lowest BCUT2D eigenvalue weighted by molar-refractivity contribution is 0.264. The number of aliphatic hydroxyl groups excluding tert-OH is 1. The molecule has 0 amide bonds. The second-order valence-electron chi connectivity index (χ2n) is 5.30. The van der Waals surface area contributed by atoms with Crippen LogP contribution >= 0.6 is 0 Å². The molecule has 1 N–H and O–H groups in total. The molecule has 0 aliphatic heterocycles. The van der Waals surface area contributed by atoms with E-state index >= 15 is 0 Å². The van der Waals surface area contributed by atoms with Gasteiger partial charge in [-0.3, -0.25) is 0 Å². The summed E-state index contributed by atoms with van der Waals surface area (Å²) in [6, 6.07) is 14.6. The fraction of sp³-hybridized carbons (Fsp3) is 0.333. The molecule has 0 fully saturated rings. The van der Waals surface area contributed by atoms with Gasteiger partial charge in [-0.25, -0.2) is 0 Å². The van der Waals surface area contributed by atoms with Crippen LogP contribution in [0.15, 0.2) is 42.5 Å². The molecule has 0 spiro atoms. The van der Waals surface area contributed by atoms with Gasteiger partial charge in [0.2, 0.25) is 0 Å². The quantitative estimate of drug-likeness (QED) is 0.899. The molecule has 0 heterocycles. The highest BCUT2D eigenvalue weighted by atomic mass is 16.5. The van der Waals surface area contributed by atoms with Crippen LogP contribution in [0.1, 0.15) is 28.2 Å². The van der Waals surface area contributed by atoms with Crippen molar-refractivity contribution < 1.29 is 9.84 Å².